The van der Waals surface area contributed by atoms with Gasteiger partial charge < -0.3 is 11.1 Å². The summed E-state index contributed by atoms with van der Waals surface area (Å²) in [5.41, 5.74) is 7.16. The van der Waals surface area contributed by atoms with E-state index in [9.17, 15) is 0 Å². The van der Waals surface area contributed by atoms with Crippen LogP contribution in [0.15, 0.2) is 5.38 Å². The molecule has 4 heteroatoms. The number of nitrogens with zero attached hydrogens (tertiary/aromatic N) is 1. The molecule has 16 heavy (non-hydrogen) atoms. The molecule has 0 aromatic carbocycles. The van der Waals surface area contributed by atoms with Gasteiger partial charge in [0.2, 0.25) is 0 Å². The molecule has 1 rings (SSSR count). The normalized spacial score (nSPS) is 12.9. The van der Waals surface area contributed by atoms with E-state index in [0.29, 0.717) is 6.04 Å². The van der Waals surface area contributed by atoms with Crippen LogP contribution in [-0.2, 0) is 6.42 Å². The van der Waals surface area contributed by atoms with Crippen molar-refractivity contribution in [1.29, 1.82) is 0 Å². The molecule has 3 N–H and O–H groups in total. The van der Waals surface area contributed by atoms with Crippen LogP contribution in [0.3, 0.4) is 0 Å². The van der Waals surface area contributed by atoms with Crippen LogP contribution in [0.5, 0.6) is 0 Å². The molecule has 0 aliphatic rings. The third kappa shape index (κ3) is 5.58. The van der Waals surface area contributed by atoms with E-state index < -0.39 is 0 Å². The molecule has 1 atom stereocenters. The monoisotopic (exact) mass is 241 g/mol. The number of aryl methyl sites for hydroxylation is 1. The number of hydrogen-bond acceptors (Lipinski definition) is 4. The summed E-state index contributed by atoms with van der Waals surface area (Å²) in [6.07, 6.45) is 4.59. The Balaban J connectivity index is 2.03. The van der Waals surface area contributed by atoms with Gasteiger partial charge in [0.1, 0.15) is 0 Å². The Kier molecular flexibility index (Phi) is 6.61. The number of aromatic nitrogens is 1. The third-order valence-electron chi connectivity index (χ3n) is 2.56. The second-order valence-electron chi connectivity index (χ2n) is 4.21. The number of thiazole rings is 1. The highest BCUT2D eigenvalue weighted by atomic mass is 32.1. The fraction of sp³-hybridized carbons (Fsp3) is 0.750. The van der Waals surface area contributed by atoms with Crippen molar-refractivity contribution in [3.63, 3.8) is 0 Å². The number of rotatable bonds is 8. The van der Waals surface area contributed by atoms with Crippen molar-refractivity contribution < 1.29 is 0 Å². The van der Waals surface area contributed by atoms with Gasteiger partial charge >= 0.3 is 0 Å². The highest BCUT2D eigenvalue weighted by molar-refractivity contribution is 7.09. The minimum atomic E-state index is 0.303. The molecule has 0 radical (unpaired) electrons. The highest BCUT2D eigenvalue weighted by Gasteiger charge is 2.01. The lowest BCUT2D eigenvalue weighted by molar-refractivity contribution is 0.525. The van der Waals surface area contributed by atoms with E-state index in [4.69, 9.17) is 5.73 Å². The van der Waals surface area contributed by atoms with Gasteiger partial charge in [-0.2, -0.15) is 0 Å². The fourth-order valence-corrected chi connectivity index (χ4v) is 2.24. The van der Waals surface area contributed by atoms with Crippen molar-refractivity contribution in [3.05, 3.63) is 16.1 Å². The number of unbranched alkanes of at least 4 members (excludes halogenated alkanes) is 1. The molecular formula is C12H23N3S. The first-order valence-corrected chi connectivity index (χ1v) is 6.97. The Morgan fingerprint density at radius 2 is 2.38 bits per heavy atom. The van der Waals surface area contributed by atoms with Crippen LogP contribution in [0.1, 0.15) is 36.9 Å². The molecule has 92 valence electrons. The average molecular weight is 241 g/mol. The Bertz CT molecular complexity index is 286. The maximum atomic E-state index is 5.97. The molecule has 0 saturated carbocycles. The van der Waals surface area contributed by atoms with E-state index in [1.165, 1.54) is 18.5 Å². The summed E-state index contributed by atoms with van der Waals surface area (Å²) in [6, 6.07) is 0.303. The van der Waals surface area contributed by atoms with Gasteiger partial charge in [-0.15, -0.1) is 11.3 Å². The first-order chi connectivity index (χ1) is 7.72. The second-order valence-corrected chi connectivity index (χ2v) is 5.28. The van der Waals surface area contributed by atoms with Crippen LogP contribution in [-0.4, -0.2) is 24.1 Å². The summed E-state index contributed by atoms with van der Waals surface area (Å²) < 4.78 is 0. The maximum absolute atomic E-state index is 5.97. The number of nitrogens with one attached hydrogen (secondary N) is 1. The van der Waals surface area contributed by atoms with Crippen molar-refractivity contribution in [2.75, 3.05) is 13.1 Å². The van der Waals surface area contributed by atoms with E-state index in [2.05, 4.69) is 22.6 Å². The van der Waals surface area contributed by atoms with Crippen LogP contribution in [0, 0.1) is 6.92 Å². The smallest absolute Gasteiger partial charge is 0.0897 e. The van der Waals surface area contributed by atoms with Gasteiger partial charge in [-0.25, -0.2) is 4.98 Å². The van der Waals surface area contributed by atoms with Gasteiger partial charge in [-0.1, -0.05) is 19.8 Å². The summed E-state index contributed by atoms with van der Waals surface area (Å²) in [5.74, 6) is 0. The predicted octanol–water partition coefficient (Wildman–Crippen LogP) is 2.10. The van der Waals surface area contributed by atoms with Gasteiger partial charge in [0.25, 0.3) is 0 Å². The Hall–Kier alpha value is -0.450. The Morgan fingerprint density at radius 1 is 1.56 bits per heavy atom. The molecule has 0 amide bonds. The summed E-state index contributed by atoms with van der Waals surface area (Å²) in [6.45, 7) is 6.14. The van der Waals surface area contributed by atoms with Crippen LogP contribution < -0.4 is 11.1 Å². The van der Waals surface area contributed by atoms with Gasteiger partial charge in [-0.05, 0) is 13.3 Å². The maximum Gasteiger partial charge on any atom is 0.0897 e. The van der Waals surface area contributed by atoms with Crippen molar-refractivity contribution in [3.8, 4) is 0 Å². The minimum Gasteiger partial charge on any atom is -0.327 e. The number of hydrogen-bond donors (Lipinski definition) is 2. The molecule has 1 unspecified atom stereocenters. The lowest BCUT2D eigenvalue weighted by Gasteiger charge is -2.11. The zero-order valence-electron chi connectivity index (χ0n) is 10.3. The van der Waals surface area contributed by atoms with Crippen LogP contribution >= 0.6 is 11.3 Å². The topological polar surface area (TPSA) is 50.9 Å². The zero-order chi connectivity index (χ0) is 11.8. The van der Waals surface area contributed by atoms with Gasteiger partial charge in [0.05, 0.1) is 10.7 Å². The third-order valence-corrected chi connectivity index (χ3v) is 3.38. The Morgan fingerprint density at radius 3 is 3.00 bits per heavy atom. The molecule has 1 aromatic heterocycles. The fourth-order valence-electron chi connectivity index (χ4n) is 1.60. The number of nitrogens with two attached hydrogens (primary N) is 1. The lowest BCUT2D eigenvalue weighted by atomic mass is 10.1. The van der Waals surface area contributed by atoms with E-state index in [0.717, 1.165) is 30.9 Å². The first-order valence-electron chi connectivity index (χ1n) is 6.09. The molecular weight excluding hydrogens is 218 g/mol. The largest absolute Gasteiger partial charge is 0.327 e. The van der Waals surface area contributed by atoms with Crippen molar-refractivity contribution in [2.24, 2.45) is 5.73 Å². The summed E-state index contributed by atoms with van der Waals surface area (Å²) in [7, 11) is 0. The van der Waals surface area contributed by atoms with E-state index >= 15 is 0 Å². The van der Waals surface area contributed by atoms with Gasteiger partial charge in [0.15, 0.2) is 0 Å². The Labute approximate surface area is 102 Å². The molecule has 0 spiro atoms. The van der Waals surface area contributed by atoms with Crippen molar-refractivity contribution in [2.45, 2.75) is 45.6 Å². The van der Waals surface area contributed by atoms with Crippen molar-refractivity contribution >= 4 is 11.3 Å². The molecule has 1 aromatic rings. The van der Waals surface area contributed by atoms with Crippen LogP contribution in [0.25, 0.3) is 0 Å². The summed E-state index contributed by atoms with van der Waals surface area (Å²) >= 11 is 1.72. The van der Waals surface area contributed by atoms with Gasteiger partial charge in [-0.3, -0.25) is 0 Å². The first kappa shape index (κ1) is 13.6. The van der Waals surface area contributed by atoms with Gasteiger partial charge in [0, 0.05) is 30.9 Å². The van der Waals surface area contributed by atoms with Crippen LogP contribution in [0.2, 0.25) is 0 Å². The molecule has 0 bridgehead atoms. The second kappa shape index (κ2) is 7.76. The predicted molar refractivity (Wildman–Crippen MR) is 70.9 cm³/mol. The zero-order valence-corrected chi connectivity index (χ0v) is 11.1. The molecule has 0 aliphatic carbocycles. The highest BCUT2D eigenvalue weighted by Crippen LogP contribution is 2.07. The van der Waals surface area contributed by atoms with E-state index in [1.54, 1.807) is 11.3 Å². The molecule has 3 nitrogen and oxygen atoms in total. The van der Waals surface area contributed by atoms with Crippen molar-refractivity contribution in [1.82, 2.24) is 10.3 Å². The van der Waals surface area contributed by atoms with Crippen LogP contribution in [0.4, 0.5) is 0 Å². The molecule has 0 saturated heterocycles. The molecule has 0 aliphatic heterocycles. The lowest BCUT2D eigenvalue weighted by Crippen LogP contribution is -2.34. The molecule has 1 heterocycles. The molecule has 0 fully saturated rings. The van der Waals surface area contributed by atoms with E-state index in [1.807, 2.05) is 6.92 Å². The van der Waals surface area contributed by atoms with E-state index in [-0.39, 0.29) is 0 Å². The average Bonchev–Trinajstić information content (AvgIpc) is 2.67. The minimum absolute atomic E-state index is 0.303. The summed E-state index contributed by atoms with van der Waals surface area (Å²) in [5, 5.41) is 6.67. The summed E-state index contributed by atoms with van der Waals surface area (Å²) in [4.78, 5) is 4.42. The quantitative estimate of drug-likeness (QED) is 0.685. The SMILES string of the molecule is CCCCC(N)CNCCc1csc(C)n1. The standard InChI is InChI=1S/C12H23N3S/c1-3-4-5-11(13)8-14-7-6-12-9-16-10(2)15-12/h9,11,14H,3-8,13H2,1-2H3.